The first-order valence-corrected chi connectivity index (χ1v) is 14.3. The normalized spacial score (nSPS) is 18.4. The fraction of sp³-hybridized carbons (Fsp3) is 0.375. The molecule has 1 aliphatic rings. The van der Waals surface area contributed by atoms with E-state index in [1.165, 1.54) is 24.3 Å². The van der Waals surface area contributed by atoms with Crippen LogP contribution in [0.25, 0.3) is 11.0 Å². The fourth-order valence-corrected chi connectivity index (χ4v) is 6.08. The first kappa shape index (κ1) is 32.0. The predicted molar refractivity (Wildman–Crippen MR) is 158 cm³/mol. The van der Waals surface area contributed by atoms with Gasteiger partial charge in [-0.1, -0.05) is 20.8 Å². The average Bonchev–Trinajstić information content (AvgIpc) is 3.28. The molecule has 2 N–H and O–H groups in total. The first-order chi connectivity index (χ1) is 21.0. The molecule has 3 aromatic carbocycles. The second-order valence-corrected chi connectivity index (χ2v) is 12.1. The van der Waals surface area contributed by atoms with Gasteiger partial charge in [0.2, 0.25) is 5.95 Å². The SMILES string of the molecule is C[C@@H]1C[C@@H](n2c(Nc3ccc(OC(F)(F)F)cc3)nc3cc(OCC(=O)Nc4ccc(C(F)(F)F)cc4)ccc32)CC(C)(C)C1. The molecule has 5 rings (SSSR count). The standard InChI is InChI=1S/C32H32F6N4O3/c1-19-14-23(17-30(2,3)16-19)42-27-13-12-25(44-18-28(43)39-21-6-4-20(5-7-21)31(33,34)35)15-26(27)41-29(42)40-22-8-10-24(11-9-22)45-32(36,37)38/h4-13,15,19,23H,14,16-18H2,1-3H3,(H,39,43)(H,40,41)/t19-,23-/m1/s1. The van der Waals surface area contributed by atoms with Crippen molar-refractivity contribution in [1.29, 1.82) is 0 Å². The molecule has 0 unspecified atom stereocenters. The summed E-state index contributed by atoms with van der Waals surface area (Å²) in [6, 6.07) is 14.8. The predicted octanol–water partition coefficient (Wildman–Crippen LogP) is 9.10. The minimum Gasteiger partial charge on any atom is -0.484 e. The lowest BCUT2D eigenvalue weighted by Gasteiger charge is -2.40. The summed E-state index contributed by atoms with van der Waals surface area (Å²) < 4.78 is 88.0. The van der Waals surface area contributed by atoms with Crippen molar-refractivity contribution in [3.05, 3.63) is 72.3 Å². The number of rotatable bonds is 8. The third-order valence-electron chi connectivity index (χ3n) is 7.60. The van der Waals surface area contributed by atoms with Crippen molar-refractivity contribution in [2.24, 2.45) is 11.3 Å². The number of halogens is 6. The minimum absolute atomic E-state index is 0.0796. The molecule has 1 aliphatic carbocycles. The van der Waals surface area contributed by atoms with Crippen molar-refractivity contribution in [2.75, 3.05) is 17.2 Å². The van der Waals surface area contributed by atoms with Crippen LogP contribution in [0.5, 0.6) is 11.5 Å². The summed E-state index contributed by atoms with van der Waals surface area (Å²) in [7, 11) is 0. The van der Waals surface area contributed by atoms with Crippen LogP contribution in [0.15, 0.2) is 66.7 Å². The number of anilines is 3. The van der Waals surface area contributed by atoms with Gasteiger partial charge in [0.15, 0.2) is 6.61 Å². The molecule has 1 aromatic heterocycles. The molecule has 4 aromatic rings. The van der Waals surface area contributed by atoms with Gasteiger partial charge in [0, 0.05) is 23.5 Å². The average molecular weight is 635 g/mol. The summed E-state index contributed by atoms with van der Waals surface area (Å²) in [5, 5.41) is 5.75. The quantitative estimate of drug-likeness (QED) is 0.189. The monoisotopic (exact) mass is 634 g/mol. The Labute approximate surface area is 255 Å². The fourth-order valence-electron chi connectivity index (χ4n) is 6.08. The molecular weight excluding hydrogens is 602 g/mol. The van der Waals surface area contributed by atoms with E-state index >= 15 is 0 Å². The van der Waals surface area contributed by atoms with Crippen LogP contribution in [-0.4, -0.2) is 28.4 Å². The van der Waals surface area contributed by atoms with Crippen molar-refractivity contribution in [2.45, 2.75) is 58.6 Å². The van der Waals surface area contributed by atoms with Gasteiger partial charge in [-0.2, -0.15) is 13.2 Å². The third kappa shape index (κ3) is 8.20. The second kappa shape index (κ2) is 12.2. The van der Waals surface area contributed by atoms with Crippen LogP contribution in [0, 0.1) is 11.3 Å². The number of aromatic nitrogens is 2. The molecule has 13 heteroatoms. The van der Waals surface area contributed by atoms with E-state index in [0.717, 1.165) is 49.0 Å². The summed E-state index contributed by atoms with van der Waals surface area (Å²) in [4.78, 5) is 17.2. The Morgan fingerprint density at radius 2 is 1.58 bits per heavy atom. The van der Waals surface area contributed by atoms with Crippen LogP contribution >= 0.6 is 0 Å². The maximum absolute atomic E-state index is 12.8. The molecule has 0 saturated heterocycles. The maximum atomic E-state index is 12.8. The number of ether oxygens (including phenoxy) is 2. The van der Waals surface area contributed by atoms with E-state index in [9.17, 15) is 31.1 Å². The number of carbonyl (C=O) groups excluding carboxylic acids is 1. The second-order valence-electron chi connectivity index (χ2n) is 12.1. The molecule has 45 heavy (non-hydrogen) atoms. The van der Waals surface area contributed by atoms with Crippen molar-refractivity contribution in [3.63, 3.8) is 0 Å². The van der Waals surface area contributed by atoms with Crippen LogP contribution < -0.4 is 20.1 Å². The highest BCUT2D eigenvalue weighted by molar-refractivity contribution is 5.92. The number of hydrogen-bond donors (Lipinski definition) is 2. The van der Waals surface area contributed by atoms with Crippen LogP contribution in [0.1, 0.15) is 51.6 Å². The Balaban J connectivity index is 1.36. The highest BCUT2D eigenvalue weighted by atomic mass is 19.4. The van der Waals surface area contributed by atoms with Gasteiger partial charge in [0.1, 0.15) is 11.5 Å². The Hall–Kier alpha value is -4.42. The number of benzene rings is 3. The van der Waals surface area contributed by atoms with E-state index in [0.29, 0.717) is 28.8 Å². The highest BCUT2D eigenvalue weighted by Gasteiger charge is 2.35. The summed E-state index contributed by atoms with van der Waals surface area (Å²) >= 11 is 0. The molecule has 1 amide bonds. The summed E-state index contributed by atoms with van der Waals surface area (Å²) in [6.45, 7) is 6.27. The molecule has 1 heterocycles. The molecule has 240 valence electrons. The lowest BCUT2D eigenvalue weighted by molar-refractivity contribution is -0.274. The molecule has 2 atom stereocenters. The highest BCUT2D eigenvalue weighted by Crippen LogP contribution is 2.46. The van der Waals surface area contributed by atoms with Crippen LogP contribution in [0.3, 0.4) is 0 Å². The number of carbonyl (C=O) groups is 1. The number of nitrogens with one attached hydrogen (secondary N) is 2. The van der Waals surface area contributed by atoms with Crippen molar-refractivity contribution < 1.29 is 40.6 Å². The summed E-state index contributed by atoms with van der Waals surface area (Å²) in [5.74, 6) is 0.412. The van der Waals surface area contributed by atoms with E-state index < -0.39 is 24.0 Å². The lowest BCUT2D eigenvalue weighted by atomic mass is 9.70. The number of hydrogen-bond acceptors (Lipinski definition) is 5. The van der Waals surface area contributed by atoms with Gasteiger partial charge in [-0.15, -0.1) is 13.2 Å². The van der Waals surface area contributed by atoms with Gasteiger partial charge in [-0.25, -0.2) is 4.98 Å². The van der Waals surface area contributed by atoms with E-state index in [2.05, 4.69) is 40.7 Å². The largest absolute Gasteiger partial charge is 0.573 e. The van der Waals surface area contributed by atoms with Gasteiger partial charge in [0.25, 0.3) is 5.91 Å². The van der Waals surface area contributed by atoms with Crippen LogP contribution in [0.4, 0.5) is 43.7 Å². The van der Waals surface area contributed by atoms with Crippen molar-refractivity contribution in [3.8, 4) is 11.5 Å². The van der Waals surface area contributed by atoms with E-state index in [1.54, 1.807) is 12.1 Å². The number of amides is 1. The topological polar surface area (TPSA) is 77.4 Å². The van der Waals surface area contributed by atoms with E-state index in [-0.39, 0.29) is 29.5 Å². The zero-order valence-corrected chi connectivity index (χ0v) is 24.7. The molecule has 0 aliphatic heterocycles. The van der Waals surface area contributed by atoms with Gasteiger partial charge in [-0.05, 0) is 91.3 Å². The first-order valence-electron chi connectivity index (χ1n) is 14.3. The lowest BCUT2D eigenvalue weighted by Crippen LogP contribution is -2.29. The molecule has 1 fully saturated rings. The number of fused-ring (bicyclic) bond motifs is 1. The molecule has 7 nitrogen and oxygen atoms in total. The van der Waals surface area contributed by atoms with E-state index in [4.69, 9.17) is 9.72 Å². The Morgan fingerprint density at radius 1 is 0.933 bits per heavy atom. The van der Waals surface area contributed by atoms with Crippen LogP contribution in [-0.2, 0) is 11.0 Å². The zero-order chi connectivity index (χ0) is 32.6. The van der Waals surface area contributed by atoms with Gasteiger partial charge in [-0.3, -0.25) is 4.79 Å². The number of nitrogens with zero attached hydrogens (tertiary/aromatic N) is 2. The summed E-state index contributed by atoms with van der Waals surface area (Å²) in [6.07, 6.45) is -6.40. The van der Waals surface area contributed by atoms with Crippen LogP contribution in [0.2, 0.25) is 0 Å². The van der Waals surface area contributed by atoms with E-state index in [1.807, 2.05) is 6.07 Å². The van der Waals surface area contributed by atoms with Gasteiger partial charge < -0.3 is 24.7 Å². The molecule has 0 spiro atoms. The number of imidazole rings is 1. The smallest absolute Gasteiger partial charge is 0.484 e. The Kier molecular flexibility index (Phi) is 8.65. The minimum atomic E-state index is -4.80. The molecule has 0 radical (unpaired) electrons. The Bertz CT molecular complexity index is 1650. The van der Waals surface area contributed by atoms with Gasteiger partial charge >= 0.3 is 12.5 Å². The third-order valence-corrected chi connectivity index (χ3v) is 7.60. The zero-order valence-electron chi connectivity index (χ0n) is 24.7. The Morgan fingerprint density at radius 3 is 2.20 bits per heavy atom. The molecule has 1 saturated carbocycles. The maximum Gasteiger partial charge on any atom is 0.573 e. The van der Waals surface area contributed by atoms with Gasteiger partial charge in [0.05, 0.1) is 16.6 Å². The molecular formula is C32H32F6N4O3. The summed E-state index contributed by atoms with van der Waals surface area (Å²) in [5.41, 5.74) is 1.36. The van der Waals surface area contributed by atoms with Crippen molar-refractivity contribution >= 4 is 34.3 Å². The van der Waals surface area contributed by atoms with Crippen molar-refractivity contribution in [1.82, 2.24) is 9.55 Å². The molecule has 0 bridgehead atoms. The number of alkyl halides is 6.